The monoisotopic (exact) mass is 261 g/mol. The summed E-state index contributed by atoms with van der Waals surface area (Å²) in [5.74, 6) is 0. The molecule has 7 nitrogen and oxygen atoms in total. The van der Waals surface area contributed by atoms with Crippen LogP contribution in [0, 0.1) is 17.0 Å². The van der Waals surface area contributed by atoms with Crippen molar-refractivity contribution in [1.29, 1.82) is 0 Å². The topological polar surface area (TPSA) is 99.9 Å². The molecule has 0 fully saturated rings. The maximum Gasteiger partial charge on any atom is 0.295 e. The molecule has 2 aromatic rings. The van der Waals surface area contributed by atoms with E-state index in [1.807, 2.05) is 6.92 Å². The second-order valence-corrected chi connectivity index (χ2v) is 4.35. The minimum atomic E-state index is -0.427. The first-order chi connectivity index (χ1) is 9.02. The van der Waals surface area contributed by atoms with Crippen LogP contribution >= 0.6 is 0 Å². The summed E-state index contributed by atoms with van der Waals surface area (Å²) in [5.41, 5.74) is 7.69. The van der Waals surface area contributed by atoms with E-state index < -0.39 is 4.92 Å². The minimum Gasteiger partial charge on any atom is -0.323 e. The van der Waals surface area contributed by atoms with Gasteiger partial charge in [-0.2, -0.15) is 0 Å². The molecule has 19 heavy (non-hydrogen) atoms. The van der Waals surface area contributed by atoms with Gasteiger partial charge in [0, 0.05) is 6.07 Å². The van der Waals surface area contributed by atoms with Gasteiger partial charge in [-0.1, -0.05) is 18.2 Å². The van der Waals surface area contributed by atoms with Gasteiger partial charge in [0.2, 0.25) is 0 Å². The molecule has 0 saturated carbocycles. The number of benzene rings is 1. The van der Waals surface area contributed by atoms with Crippen molar-refractivity contribution in [3.63, 3.8) is 0 Å². The number of nitro groups is 1. The lowest BCUT2D eigenvalue weighted by atomic mass is 10.2. The molecular formula is C12H15N5O2. The highest BCUT2D eigenvalue weighted by atomic mass is 16.6. The van der Waals surface area contributed by atoms with Crippen LogP contribution in [0.4, 0.5) is 5.69 Å². The Bertz CT molecular complexity index is 608. The fraction of sp³-hybridized carbons (Fsp3) is 0.333. The van der Waals surface area contributed by atoms with Gasteiger partial charge in [0.05, 0.1) is 22.9 Å². The van der Waals surface area contributed by atoms with E-state index >= 15 is 0 Å². The Labute approximate surface area is 110 Å². The van der Waals surface area contributed by atoms with Gasteiger partial charge in [0.1, 0.15) is 5.69 Å². The smallest absolute Gasteiger partial charge is 0.295 e. The molecule has 0 saturated heterocycles. The summed E-state index contributed by atoms with van der Waals surface area (Å²) in [4.78, 5) is 10.6. The second-order valence-electron chi connectivity index (χ2n) is 4.35. The molecule has 100 valence electrons. The minimum absolute atomic E-state index is 0.00141. The zero-order valence-electron chi connectivity index (χ0n) is 10.8. The molecule has 0 spiro atoms. The molecule has 2 rings (SSSR count). The maximum absolute atomic E-state index is 11.1. The first-order valence-electron chi connectivity index (χ1n) is 5.96. The summed E-state index contributed by atoms with van der Waals surface area (Å²) < 4.78 is 1.39. The molecule has 0 aliphatic rings. The summed E-state index contributed by atoms with van der Waals surface area (Å²) in [5, 5.41) is 18.9. The fourth-order valence-electron chi connectivity index (χ4n) is 1.75. The van der Waals surface area contributed by atoms with Crippen molar-refractivity contribution in [3.8, 4) is 5.69 Å². The molecule has 2 N–H and O–H groups in total. The van der Waals surface area contributed by atoms with Gasteiger partial charge in [-0.25, -0.2) is 4.68 Å². The zero-order valence-corrected chi connectivity index (χ0v) is 10.8. The number of aryl methyl sites for hydroxylation is 1. The quantitative estimate of drug-likeness (QED) is 0.669. The van der Waals surface area contributed by atoms with Crippen LogP contribution in [0.15, 0.2) is 24.4 Å². The standard InChI is InChI=1S/C12H15N5O2/c1-3-9(13)10-7-16(15-14-10)11-5-4-8(2)6-12(11)17(18)19/h4-7,9H,3,13H2,1-2H3. The second kappa shape index (κ2) is 5.15. The molecule has 0 bridgehead atoms. The lowest BCUT2D eigenvalue weighted by Crippen LogP contribution is -2.08. The Morgan fingerprint density at radius 1 is 1.53 bits per heavy atom. The van der Waals surface area contributed by atoms with E-state index in [9.17, 15) is 10.1 Å². The van der Waals surface area contributed by atoms with Crippen LogP contribution in [0.1, 0.15) is 30.6 Å². The summed E-state index contributed by atoms with van der Waals surface area (Å²) in [6.45, 7) is 3.74. The lowest BCUT2D eigenvalue weighted by molar-refractivity contribution is -0.384. The maximum atomic E-state index is 11.1. The Hall–Kier alpha value is -2.28. The third kappa shape index (κ3) is 2.60. The van der Waals surface area contributed by atoms with Gasteiger partial charge in [0.15, 0.2) is 0 Å². The van der Waals surface area contributed by atoms with E-state index in [-0.39, 0.29) is 11.7 Å². The van der Waals surface area contributed by atoms with Crippen molar-refractivity contribution in [2.45, 2.75) is 26.3 Å². The molecule has 0 aliphatic carbocycles. The molecule has 1 heterocycles. The lowest BCUT2D eigenvalue weighted by Gasteiger charge is -2.03. The average Bonchev–Trinajstić information content (AvgIpc) is 2.87. The van der Waals surface area contributed by atoms with E-state index in [0.29, 0.717) is 11.4 Å². The molecule has 1 aromatic carbocycles. The van der Waals surface area contributed by atoms with Crippen LogP contribution in [0.25, 0.3) is 5.69 Å². The van der Waals surface area contributed by atoms with Crippen molar-refractivity contribution < 1.29 is 4.92 Å². The third-order valence-electron chi connectivity index (χ3n) is 2.91. The van der Waals surface area contributed by atoms with Crippen molar-refractivity contribution in [3.05, 3.63) is 45.8 Å². The van der Waals surface area contributed by atoms with E-state index in [1.165, 1.54) is 10.7 Å². The van der Waals surface area contributed by atoms with Crippen molar-refractivity contribution in [1.82, 2.24) is 15.0 Å². The highest BCUT2D eigenvalue weighted by Gasteiger charge is 2.18. The number of nitrogens with zero attached hydrogens (tertiary/aromatic N) is 4. The number of nitro benzene ring substituents is 1. The Morgan fingerprint density at radius 2 is 2.26 bits per heavy atom. The van der Waals surface area contributed by atoms with Crippen LogP contribution in [0.3, 0.4) is 0 Å². The van der Waals surface area contributed by atoms with Crippen LogP contribution in [0.2, 0.25) is 0 Å². The number of hydrogen-bond acceptors (Lipinski definition) is 5. The molecule has 0 amide bonds. The fourth-order valence-corrected chi connectivity index (χ4v) is 1.75. The Morgan fingerprint density at radius 3 is 2.89 bits per heavy atom. The van der Waals surface area contributed by atoms with Crippen molar-refractivity contribution >= 4 is 5.69 Å². The largest absolute Gasteiger partial charge is 0.323 e. The van der Waals surface area contributed by atoms with Gasteiger partial charge in [-0.3, -0.25) is 10.1 Å². The first-order valence-corrected chi connectivity index (χ1v) is 5.96. The summed E-state index contributed by atoms with van der Waals surface area (Å²) >= 11 is 0. The first kappa shape index (κ1) is 13.2. The molecule has 7 heteroatoms. The van der Waals surface area contributed by atoms with Gasteiger partial charge in [0.25, 0.3) is 5.69 Å². The van der Waals surface area contributed by atoms with E-state index in [1.54, 1.807) is 25.3 Å². The van der Waals surface area contributed by atoms with Gasteiger partial charge < -0.3 is 5.73 Å². The van der Waals surface area contributed by atoms with Crippen LogP contribution in [-0.2, 0) is 0 Å². The Kier molecular flexibility index (Phi) is 3.57. The Balaban J connectivity index is 2.47. The van der Waals surface area contributed by atoms with E-state index in [2.05, 4.69) is 10.3 Å². The summed E-state index contributed by atoms with van der Waals surface area (Å²) in [6, 6.07) is 4.75. The predicted octanol–water partition coefficient (Wildman–Crippen LogP) is 1.89. The predicted molar refractivity (Wildman–Crippen MR) is 70.0 cm³/mol. The third-order valence-corrected chi connectivity index (χ3v) is 2.91. The molecule has 1 unspecified atom stereocenters. The van der Waals surface area contributed by atoms with Gasteiger partial charge in [-0.15, -0.1) is 5.10 Å². The number of hydrogen-bond donors (Lipinski definition) is 1. The van der Waals surface area contributed by atoms with Crippen LogP contribution < -0.4 is 5.73 Å². The van der Waals surface area contributed by atoms with Gasteiger partial charge in [-0.05, 0) is 25.0 Å². The number of rotatable bonds is 4. The van der Waals surface area contributed by atoms with Crippen molar-refractivity contribution in [2.24, 2.45) is 5.73 Å². The highest BCUT2D eigenvalue weighted by Crippen LogP contribution is 2.24. The van der Waals surface area contributed by atoms with E-state index in [0.717, 1.165) is 12.0 Å². The van der Waals surface area contributed by atoms with Crippen LogP contribution in [0.5, 0.6) is 0 Å². The van der Waals surface area contributed by atoms with Gasteiger partial charge >= 0.3 is 0 Å². The zero-order chi connectivity index (χ0) is 14.0. The summed E-state index contributed by atoms with van der Waals surface area (Å²) in [7, 11) is 0. The number of nitrogens with two attached hydrogens (primary N) is 1. The molecule has 1 atom stereocenters. The normalized spacial score (nSPS) is 12.4. The summed E-state index contributed by atoms with van der Waals surface area (Å²) in [6.07, 6.45) is 2.36. The molecule has 1 aromatic heterocycles. The van der Waals surface area contributed by atoms with Crippen molar-refractivity contribution in [2.75, 3.05) is 0 Å². The number of aromatic nitrogens is 3. The average molecular weight is 261 g/mol. The SMILES string of the molecule is CCC(N)c1cn(-c2ccc(C)cc2[N+](=O)[O-])nn1. The highest BCUT2D eigenvalue weighted by molar-refractivity contribution is 5.53. The molecule has 0 aliphatic heterocycles. The molecular weight excluding hydrogens is 246 g/mol. The molecule has 0 radical (unpaired) electrons. The van der Waals surface area contributed by atoms with E-state index in [4.69, 9.17) is 5.73 Å². The van der Waals surface area contributed by atoms with Crippen LogP contribution in [-0.4, -0.2) is 19.9 Å².